The number of hydrogen-bond acceptors (Lipinski definition) is 3. The molecule has 3 rings (SSSR count). The average Bonchev–Trinajstić information content (AvgIpc) is 2.42. The minimum Gasteiger partial charge on any atom is -0.382 e. The average molecular weight is 257 g/mol. The van der Waals surface area contributed by atoms with Crippen molar-refractivity contribution in [3.05, 3.63) is 40.8 Å². The molecule has 1 heterocycles. The summed E-state index contributed by atoms with van der Waals surface area (Å²) in [5.41, 5.74) is 6.96. The molecule has 0 spiro atoms. The first-order chi connectivity index (χ1) is 9.22. The minimum atomic E-state index is -0.0345. The van der Waals surface area contributed by atoms with Gasteiger partial charge in [0.15, 0.2) is 0 Å². The van der Waals surface area contributed by atoms with Gasteiger partial charge in [-0.15, -0.1) is 0 Å². The molecule has 1 aromatic carbocycles. The van der Waals surface area contributed by atoms with E-state index >= 15 is 0 Å². The highest BCUT2D eigenvalue weighted by Gasteiger charge is 2.18. The van der Waals surface area contributed by atoms with Gasteiger partial charge in [0.25, 0.3) is 5.56 Å². The summed E-state index contributed by atoms with van der Waals surface area (Å²) in [5.74, 6) is 0. The third-order valence-corrected chi connectivity index (χ3v) is 3.92. The minimum absolute atomic E-state index is 0.0345. The molecule has 1 aliphatic carbocycles. The second kappa shape index (κ2) is 5.05. The van der Waals surface area contributed by atoms with Gasteiger partial charge in [0, 0.05) is 29.4 Å². The van der Waals surface area contributed by atoms with Gasteiger partial charge in [-0.1, -0.05) is 0 Å². The summed E-state index contributed by atoms with van der Waals surface area (Å²) >= 11 is 0. The Hall–Kier alpha value is -1.81. The van der Waals surface area contributed by atoms with Crippen LogP contribution in [0.2, 0.25) is 0 Å². The van der Waals surface area contributed by atoms with Crippen molar-refractivity contribution < 1.29 is 0 Å². The zero-order chi connectivity index (χ0) is 13.2. The third kappa shape index (κ3) is 2.63. The van der Waals surface area contributed by atoms with Crippen LogP contribution in [-0.2, 0) is 0 Å². The number of hydrogen-bond donors (Lipinski definition) is 3. The molecular formula is C15H19N3O. The number of nitrogens with two attached hydrogens (primary N) is 1. The molecule has 0 saturated heterocycles. The zero-order valence-electron chi connectivity index (χ0n) is 10.9. The Morgan fingerprint density at radius 2 is 1.95 bits per heavy atom. The van der Waals surface area contributed by atoms with E-state index in [9.17, 15) is 4.79 Å². The fourth-order valence-electron chi connectivity index (χ4n) is 2.78. The van der Waals surface area contributed by atoms with E-state index < -0.39 is 0 Å². The molecule has 0 amide bonds. The van der Waals surface area contributed by atoms with Gasteiger partial charge < -0.3 is 16.0 Å². The van der Waals surface area contributed by atoms with Crippen molar-refractivity contribution in [2.75, 3.05) is 5.32 Å². The molecule has 0 unspecified atom stereocenters. The van der Waals surface area contributed by atoms with Crippen LogP contribution < -0.4 is 16.6 Å². The Balaban J connectivity index is 1.80. The number of aromatic amines is 1. The monoisotopic (exact) mass is 257 g/mol. The number of pyridine rings is 1. The van der Waals surface area contributed by atoms with Crippen LogP contribution in [0.4, 0.5) is 5.69 Å². The molecule has 4 nitrogen and oxygen atoms in total. The quantitative estimate of drug-likeness (QED) is 0.772. The summed E-state index contributed by atoms with van der Waals surface area (Å²) < 4.78 is 0. The molecule has 1 fully saturated rings. The molecule has 100 valence electrons. The lowest BCUT2D eigenvalue weighted by molar-refractivity contribution is 0.411. The van der Waals surface area contributed by atoms with E-state index in [0.29, 0.717) is 12.1 Å². The first kappa shape index (κ1) is 12.2. The first-order valence-electron chi connectivity index (χ1n) is 6.86. The van der Waals surface area contributed by atoms with Crippen LogP contribution in [0.5, 0.6) is 0 Å². The van der Waals surface area contributed by atoms with Crippen molar-refractivity contribution in [1.82, 2.24) is 4.98 Å². The zero-order valence-corrected chi connectivity index (χ0v) is 10.9. The summed E-state index contributed by atoms with van der Waals surface area (Å²) in [6.45, 7) is 0. The Kier molecular flexibility index (Phi) is 3.25. The van der Waals surface area contributed by atoms with Gasteiger partial charge in [0.1, 0.15) is 0 Å². The standard InChI is InChI=1S/C15H19N3O/c16-11-1-3-12(4-2-11)18-13-5-6-14-10(9-13)7-8-17-15(14)19/h5-9,11-12,18H,1-4,16H2,(H,17,19)/t11-,12+. The second-order valence-electron chi connectivity index (χ2n) is 5.36. The molecule has 4 N–H and O–H groups in total. The van der Waals surface area contributed by atoms with E-state index in [1.807, 2.05) is 24.3 Å². The molecule has 1 aliphatic rings. The number of aromatic nitrogens is 1. The highest BCUT2D eigenvalue weighted by molar-refractivity contribution is 5.84. The fraction of sp³-hybridized carbons (Fsp3) is 0.400. The van der Waals surface area contributed by atoms with Crippen LogP contribution in [0.3, 0.4) is 0 Å². The first-order valence-corrected chi connectivity index (χ1v) is 6.86. The van der Waals surface area contributed by atoms with Gasteiger partial charge in [0.05, 0.1) is 0 Å². The van der Waals surface area contributed by atoms with E-state index in [0.717, 1.165) is 42.1 Å². The molecule has 0 aliphatic heterocycles. The Morgan fingerprint density at radius 1 is 1.16 bits per heavy atom. The highest BCUT2D eigenvalue weighted by atomic mass is 16.1. The number of benzene rings is 1. The predicted octanol–water partition coefficient (Wildman–Crippen LogP) is 2.21. The smallest absolute Gasteiger partial charge is 0.255 e. The van der Waals surface area contributed by atoms with Gasteiger partial charge in [0.2, 0.25) is 0 Å². The third-order valence-electron chi connectivity index (χ3n) is 3.92. The van der Waals surface area contributed by atoms with E-state index in [2.05, 4.69) is 10.3 Å². The molecule has 0 atom stereocenters. The lowest BCUT2D eigenvalue weighted by Crippen LogP contribution is -2.32. The highest BCUT2D eigenvalue weighted by Crippen LogP contribution is 2.23. The lowest BCUT2D eigenvalue weighted by atomic mass is 9.91. The lowest BCUT2D eigenvalue weighted by Gasteiger charge is -2.27. The maximum atomic E-state index is 11.6. The number of H-pyrrole nitrogens is 1. The van der Waals surface area contributed by atoms with Crippen molar-refractivity contribution in [1.29, 1.82) is 0 Å². The van der Waals surface area contributed by atoms with Crippen molar-refractivity contribution in [3.8, 4) is 0 Å². The molecule has 0 bridgehead atoms. The van der Waals surface area contributed by atoms with Crippen molar-refractivity contribution in [2.45, 2.75) is 37.8 Å². The Morgan fingerprint density at radius 3 is 2.74 bits per heavy atom. The molecule has 4 heteroatoms. The summed E-state index contributed by atoms with van der Waals surface area (Å²) in [7, 11) is 0. The topological polar surface area (TPSA) is 70.9 Å². The number of anilines is 1. The maximum absolute atomic E-state index is 11.6. The molecule has 1 aromatic heterocycles. The summed E-state index contributed by atoms with van der Waals surface area (Å²) in [4.78, 5) is 14.3. The van der Waals surface area contributed by atoms with E-state index in [1.54, 1.807) is 6.20 Å². The van der Waals surface area contributed by atoms with Crippen LogP contribution in [0.15, 0.2) is 35.3 Å². The molecule has 19 heavy (non-hydrogen) atoms. The number of fused-ring (bicyclic) bond motifs is 1. The maximum Gasteiger partial charge on any atom is 0.255 e. The van der Waals surface area contributed by atoms with Crippen LogP contribution >= 0.6 is 0 Å². The van der Waals surface area contributed by atoms with Crippen LogP contribution in [0.25, 0.3) is 10.8 Å². The molecule has 1 saturated carbocycles. The Bertz CT molecular complexity index is 627. The summed E-state index contributed by atoms with van der Waals surface area (Å²) in [6, 6.07) is 8.70. The van der Waals surface area contributed by atoms with E-state index in [-0.39, 0.29) is 5.56 Å². The molecule has 0 radical (unpaired) electrons. The summed E-state index contributed by atoms with van der Waals surface area (Å²) in [6.07, 6.45) is 6.10. The predicted molar refractivity (Wildman–Crippen MR) is 78.4 cm³/mol. The number of nitrogens with one attached hydrogen (secondary N) is 2. The van der Waals surface area contributed by atoms with Crippen molar-refractivity contribution in [2.24, 2.45) is 5.73 Å². The van der Waals surface area contributed by atoms with Crippen LogP contribution in [0, 0.1) is 0 Å². The number of rotatable bonds is 2. The van der Waals surface area contributed by atoms with Gasteiger partial charge in [-0.05, 0) is 55.3 Å². The normalized spacial score (nSPS) is 23.4. The van der Waals surface area contributed by atoms with Crippen molar-refractivity contribution in [3.63, 3.8) is 0 Å². The SMILES string of the molecule is N[C@H]1CC[C@@H](Nc2ccc3c(=O)[nH]ccc3c2)CC1. The summed E-state index contributed by atoms with van der Waals surface area (Å²) in [5, 5.41) is 5.25. The van der Waals surface area contributed by atoms with Gasteiger partial charge in [-0.2, -0.15) is 0 Å². The largest absolute Gasteiger partial charge is 0.382 e. The second-order valence-corrected chi connectivity index (χ2v) is 5.36. The Labute approximate surface area is 112 Å². The van der Waals surface area contributed by atoms with E-state index in [4.69, 9.17) is 5.73 Å². The molecule has 2 aromatic rings. The van der Waals surface area contributed by atoms with Crippen LogP contribution in [-0.4, -0.2) is 17.1 Å². The van der Waals surface area contributed by atoms with Crippen LogP contribution in [0.1, 0.15) is 25.7 Å². The van der Waals surface area contributed by atoms with E-state index in [1.165, 1.54) is 0 Å². The fourth-order valence-corrected chi connectivity index (χ4v) is 2.78. The van der Waals surface area contributed by atoms with Gasteiger partial charge in [-0.3, -0.25) is 4.79 Å². The van der Waals surface area contributed by atoms with Gasteiger partial charge >= 0.3 is 0 Å². The van der Waals surface area contributed by atoms with Crippen molar-refractivity contribution >= 4 is 16.5 Å². The van der Waals surface area contributed by atoms with Gasteiger partial charge in [-0.25, -0.2) is 0 Å². The molecular weight excluding hydrogens is 238 g/mol.